The molecule has 3 aromatic carbocycles. The molecule has 0 saturated heterocycles. The molecule has 0 saturated carbocycles. The van der Waals surface area contributed by atoms with Gasteiger partial charge in [0.15, 0.2) is 71.1 Å². The van der Waals surface area contributed by atoms with Gasteiger partial charge in [-0.05, 0) is 42.0 Å². The summed E-state index contributed by atoms with van der Waals surface area (Å²) in [5, 5.41) is 9.11. The fraction of sp³-hybridized carbons (Fsp3) is 0.273. The normalized spacial score (nSPS) is 23.2. The maximum atomic E-state index is 11.9. The average molecular weight is 649 g/mol. The van der Waals surface area contributed by atoms with Crippen molar-refractivity contribution in [1.82, 2.24) is 0 Å². The third kappa shape index (κ3) is 5.37. The lowest BCUT2D eigenvalue weighted by molar-refractivity contribution is -0.149. The lowest BCUT2D eigenvalue weighted by atomic mass is 9.93. The van der Waals surface area contributed by atoms with Crippen molar-refractivity contribution in [3.63, 3.8) is 0 Å². The molecule has 0 radical (unpaired) electrons. The van der Waals surface area contributed by atoms with E-state index in [9.17, 15) is 19.2 Å². The maximum Gasteiger partial charge on any atom is 0.328 e. The summed E-state index contributed by atoms with van der Waals surface area (Å²) in [4.78, 5) is 46.3. The molecule has 0 aliphatic carbocycles. The van der Waals surface area contributed by atoms with E-state index in [0.717, 1.165) is 6.08 Å². The standard InChI is InChI=1S/C33H28O14/c1-39-21-6-4-5-18-26(21)45-25(29(18)42-13-34)17-11-20-28(23(12-17)41-3)47-33(31(20)44-15-36)32-30(43-14-35)19-9-16(7-8-24(37)38)10-22(40-2)27(19)46-32/h4-15,25,29-33H,1-3H3,(H,37,38)/b8-7+. The SMILES string of the molecule is COc1cccc2c1OC(c1cc(OC)c3c(c1)C(OC=O)C(C1Oc4c(OC)cc(/C=C/C(=O)O)cc4C1OC=O)O3)C2OC=O. The highest BCUT2D eigenvalue weighted by Crippen LogP contribution is 2.56. The molecule has 244 valence electrons. The van der Waals surface area contributed by atoms with Gasteiger partial charge < -0.3 is 47.7 Å². The van der Waals surface area contributed by atoms with E-state index in [0.29, 0.717) is 45.8 Å². The summed E-state index contributed by atoms with van der Waals surface area (Å²) in [5.74, 6) is 0.640. The van der Waals surface area contributed by atoms with E-state index in [1.807, 2.05) is 0 Å². The molecule has 3 aliphatic rings. The van der Waals surface area contributed by atoms with Crippen LogP contribution in [0.15, 0.2) is 48.5 Å². The number of para-hydroxylation sites is 1. The van der Waals surface area contributed by atoms with Gasteiger partial charge in [0.2, 0.25) is 0 Å². The number of fused-ring (bicyclic) bond motifs is 3. The fourth-order valence-electron chi connectivity index (χ4n) is 6.19. The van der Waals surface area contributed by atoms with E-state index in [1.165, 1.54) is 27.4 Å². The Bertz CT molecular complexity index is 1750. The molecular weight excluding hydrogens is 620 g/mol. The van der Waals surface area contributed by atoms with Crippen molar-refractivity contribution in [3.8, 4) is 34.5 Å². The number of methoxy groups -OCH3 is 3. The molecule has 3 heterocycles. The fourth-order valence-corrected chi connectivity index (χ4v) is 6.19. The lowest BCUT2D eigenvalue weighted by Gasteiger charge is -2.26. The van der Waals surface area contributed by atoms with Gasteiger partial charge >= 0.3 is 5.97 Å². The molecule has 14 heteroatoms. The van der Waals surface area contributed by atoms with Crippen molar-refractivity contribution in [2.75, 3.05) is 21.3 Å². The number of carboxylic acid groups (broad SMARTS) is 1. The second-order valence-corrected chi connectivity index (χ2v) is 10.5. The Morgan fingerprint density at radius 1 is 0.681 bits per heavy atom. The summed E-state index contributed by atoms with van der Waals surface area (Å²) >= 11 is 0. The molecule has 0 fully saturated rings. The van der Waals surface area contributed by atoms with Gasteiger partial charge in [0.1, 0.15) is 0 Å². The zero-order valence-electron chi connectivity index (χ0n) is 25.1. The molecule has 6 unspecified atom stereocenters. The summed E-state index contributed by atoms with van der Waals surface area (Å²) in [6, 6.07) is 11.7. The minimum Gasteiger partial charge on any atom is -0.493 e. The molecule has 6 atom stereocenters. The molecule has 47 heavy (non-hydrogen) atoms. The second-order valence-electron chi connectivity index (χ2n) is 10.5. The number of aliphatic carboxylic acids is 1. The van der Waals surface area contributed by atoms with E-state index >= 15 is 0 Å². The van der Waals surface area contributed by atoms with Crippen LogP contribution in [-0.2, 0) is 33.4 Å². The van der Waals surface area contributed by atoms with Gasteiger partial charge in [-0.3, -0.25) is 14.4 Å². The summed E-state index contributed by atoms with van der Waals surface area (Å²) in [7, 11) is 4.32. The highest BCUT2D eigenvalue weighted by Gasteiger charge is 2.53. The monoisotopic (exact) mass is 648 g/mol. The molecule has 3 aromatic rings. The van der Waals surface area contributed by atoms with Gasteiger partial charge in [0, 0.05) is 28.3 Å². The average Bonchev–Trinajstić information content (AvgIpc) is 3.75. The Morgan fingerprint density at radius 3 is 1.81 bits per heavy atom. The first-order chi connectivity index (χ1) is 22.9. The van der Waals surface area contributed by atoms with Gasteiger partial charge in [-0.2, -0.15) is 0 Å². The van der Waals surface area contributed by atoms with Gasteiger partial charge in [0.05, 0.1) is 21.3 Å². The first-order valence-corrected chi connectivity index (χ1v) is 14.2. The van der Waals surface area contributed by atoms with Crippen LogP contribution < -0.4 is 28.4 Å². The van der Waals surface area contributed by atoms with Gasteiger partial charge in [-0.1, -0.05) is 12.1 Å². The van der Waals surface area contributed by atoms with Gasteiger partial charge in [-0.15, -0.1) is 0 Å². The number of hydrogen-bond acceptors (Lipinski definition) is 13. The van der Waals surface area contributed by atoms with Crippen LogP contribution in [0.3, 0.4) is 0 Å². The summed E-state index contributed by atoms with van der Waals surface area (Å²) in [6.45, 7) is 0.833. The molecule has 0 amide bonds. The summed E-state index contributed by atoms with van der Waals surface area (Å²) in [5.41, 5.74) is 2.30. The van der Waals surface area contributed by atoms with Crippen LogP contribution in [-0.4, -0.2) is 64.0 Å². The topological polar surface area (TPSA) is 172 Å². The van der Waals surface area contributed by atoms with Crippen LogP contribution in [0, 0.1) is 0 Å². The second kappa shape index (κ2) is 12.8. The van der Waals surface area contributed by atoms with E-state index in [-0.39, 0.29) is 35.9 Å². The predicted molar refractivity (Wildman–Crippen MR) is 158 cm³/mol. The van der Waals surface area contributed by atoms with Crippen LogP contribution in [0.2, 0.25) is 0 Å². The highest BCUT2D eigenvalue weighted by molar-refractivity contribution is 5.85. The van der Waals surface area contributed by atoms with Gasteiger partial charge in [0.25, 0.3) is 19.4 Å². The predicted octanol–water partition coefficient (Wildman–Crippen LogP) is 3.81. The minimum absolute atomic E-state index is 0.230. The van der Waals surface area contributed by atoms with Crippen molar-refractivity contribution in [2.24, 2.45) is 0 Å². The van der Waals surface area contributed by atoms with Crippen LogP contribution in [0.1, 0.15) is 52.2 Å². The third-order valence-corrected chi connectivity index (χ3v) is 8.10. The number of ether oxygens (including phenoxy) is 9. The first-order valence-electron chi connectivity index (χ1n) is 14.2. The summed E-state index contributed by atoms with van der Waals surface area (Å²) < 4.78 is 52.1. The van der Waals surface area contributed by atoms with Crippen LogP contribution in [0.25, 0.3) is 6.08 Å². The third-order valence-electron chi connectivity index (χ3n) is 8.10. The molecule has 6 rings (SSSR count). The minimum atomic E-state index is -1.16. The number of carbonyl (C=O) groups excluding carboxylic acids is 3. The van der Waals surface area contributed by atoms with Gasteiger partial charge in [-0.25, -0.2) is 4.79 Å². The van der Waals surface area contributed by atoms with Crippen molar-refractivity contribution in [2.45, 2.75) is 36.6 Å². The number of hydrogen-bond donors (Lipinski definition) is 1. The molecule has 0 aromatic heterocycles. The molecular formula is C33H28O14. The van der Waals surface area contributed by atoms with E-state index in [4.69, 9.17) is 47.7 Å². The van der Waals surface area contributed by atoms with Crippen LogP contribution in [0.4, 0.5) is 0 Å². The Kier molecular flexibility index (Phi) is 8.48. The van der Waals surface area contributed by atoms with Crippen molar-refractivity contribution in [3.05, 3.63) is 76.4 Å². The largest absolute Gasteiger partial charge is 0.493 e. The number of carbonyl (C=O) groups is 4. The highest BCUT2D eigenvalue weighted by atomic mass is 16.6. The van der Waals surface area contributed by atoms with E-state index in [2.05, 4.69) is 0 Å². The maximum absolute atomic E-state index is 11.9. The molecule has 3 aliphatic heterocycles. The smallest absolute Gasteiger partial charge is 0.328 e. The number of carboxylic acids is 1. The zero-order chi connectivity index (χ0) is 33.2. The molecule has 0 spiro atoms. The molecule has 0 bridgehead atoms. The van der Waals surface area contributed by atoms with E-state index < -0.39 is 42.6 Å². The Balaban J connectivity index is 1.40. The van der Waals surface area contributed by atoms with Crippen molar-refractivity contribution in [1.29, 1.82) is 0 Å². The van der Waals surface area contributed by atoms with Crippen molar-refractivity contribution < 1.29 is 66.9 Å². The lowest BCUT2D eigenvalue weighted by Crippen LogP contribution is -2.40. The number of rotatable bonds is 13. The summed E-state index contributed by atoms with van der Waals surface area (Å²) in [6.07, 6.45) is -3.73. The van der Waals surface area contributed by atoms with Crippen LogP contribution >= 0.6 is 0 Å². The Labute approximate surface area is 267 Å². The van der Waals surface area contributed by atoms with Crippen molar-refractivity contribution >= 4 is 31.5 Å². The quantitative estimate of drug-likeness (QED) is 0.161. The molecule has 1 N–H and O–H groups in total. The van der Waals surface area contributed by atoms with Crippen LogP contribution in [0.5, 0.6) is 34.5 Å². The zero-order valence-corrected chi connectivity index (χ0v) is 25.1. The Morgan fingerprint density at radius 2 is 1.23 bits per heavy atom. The molecule has 14 nitrogen and oxygen atoms in total. The number of benzene rings is 3. The van der Waals surface area contributed by atoms with E-state index in [1.54, 1.807) is 42.5 Å². The first kappa shape index (κ1) is 31.1. The Hall–Kier alpha value is -5.92.